The Morgan fingerprint density at radius 1 is 1.16 bits per heavy atom. The minimum atomic E-state index is -0.495. The summed E-state index contributed by atoms with van der Waals surface area (Å²) >= 11 is 9.35. The van der Waals surface area contributed by atoms with Crippen molar-refractivity contribution in [3.63, 3.8) is 0 Å². The molecule has 0 aromatic heterocycles. The maximum absolute atomic E-state index is 12.0. The lowest BCUT2D eigenvalue weighted by atomic mass is 10.0. The monoisotopic (exact) mass is 424 g/mol. The SMILES string of the molecule is CC(C)c1cc(Br)ccc1OCC(=O)NNC(=O)c1ccccc1Cl. The molecule has 0 unspecified atom stereocenters. The van der Waals surface area contributed by atoms with E-state index in [-0.39, 0.29) is 18.1 Å². The van der Waals surface area contributed by atoms with Crippen LogP contribution in [0.3, 0.4) is 0 Å². The Hall–Kier alpha value is -2.05. The molecular weight excluding hydrogens is 408 g/mol. The summed E-state index contributed by atoms with van der Waals surface area (Å²) < 4.78 is 6.51. The normalized spacial score (nSPS) is 10.4. The van der Waals surface area contributed by atoms with Crippen molar-refractivity contribution < 1.29 is 14.3 Å². The Morgan fingerprint density at radius 3 is 2.56 bits per heavy atom. The second-order valence-electron chi connectivity index (χ2n) is 5.61. The first kappa shape index (κ1) is 19.3. The molecule has 2 amide bonds. The van der Waals surface area contributed by atoms with Crippen molar-refractivity contribution in [2.45, 2.75) is 19.8 Å². The zero-order chi connectivity index (χ0) is 18.4. The molecule has 0 fully saturated rings. The topological polar surface area (TPSA) is 67.4 Å². The van der Waals surface area contributed by atoms with Crippen LogP contribution in [0.15, 0.2) is 46.9 Å². The molecule has 0 saturated carbocycles. The number of halogens is 2. The molecule has 2 aromatic carbocycles. The van der Waals surface area contributed by atoms with Crippen LogP contribution < -0.4 is 15.6 Å². The summed E-state index contributed by atoms with van der Waals surface area (Å²) in [6.07, 6.45) is 0. The summed E-state index contributed by atoms with van der Waals surface area (Å²) in [5, 5.41) is 0.307. The molecule has 0 saturated heterocycles. The molecule has 2 N–H and O–H groups in total. The fourth-order valence-electron chi connectivity index (χ4n) is 2.12. The van der Waals surface area contributed by atoms with Crippen LogP contribution in [0.4, 0.5) is 0 Å². The van der Waals surface area contributed by atoms with E-state index in [2.05, 4.69) is 26.8 Å². The third-order valence-electron chi connectivity index (χ3n) is 3.39. The van der Waals surface area contributed by atoms with E-state index in [1.807, 2.05) is 26.0 Å². The van der Waals surface area contributed by atoms with E-state index in [1.54, 1.807) is 30.3 Å². The fourth-order valence-corrected chi connectivity index (χ4v) is 2.72. The summed E-state index contributed by atoms with van der Waals surface area (Å²) in [5.41, 5.74) is 5.89. The Bertz CT molecular complexity index is 781. The van der Waals surface area contributed by atoms with E-state index in [4.69, 9.17) is 16.3 Å². The quantitative estimate of drug-likeness (QED) is 0.710. The average molecular weight is 426 g/mol. The predicted molar refractivity (Wildman–Crippen MR) is 101 cm³/mol. The molecule has 7 heteroatoms. The van der Waals surface area contributed by atoms with Gasteiger partial charge in [-0.15, -0.1) is 0 Å². The summed E-state index contributed by atoms with van der Waals surface area (Å²) in [5.74, 6) is -0.0928. The number of hydrazine groups is 1. The molecule has 0 radical (unpaired) electrons. The summed E-state index contributed by atoms with van der Waals surface area (Å²) in [7, 11) is 0. The molecule has 132 valence electrons. The number of rotatable bonds is 5. The van der Waals surface area contributed by atoms with Crippen molar-refractivity contribution in [1.29, 1.82) is 0 Å². The zero-order valence-corrected chi connectivity index (χ0v) is 16.1. The molecule has 2 rings (SSSR count). The van der Waals surface area contributed by atoms with Gasteiger partial charge < -0.3 is 4.74 Å². The number of nitrogens with one attached hydrogen (secondary N) is 2. The van der Waals surface area contributed by atoms with E-state index >= 15 is 0 Å². The van der Waals surface area contributed by atoms with Crippen LogP contribution in [0.1, 0.15) is 35.7 Å². The van der Waals surface area contributed by atoms with Gasteiger partial charge in [-0.25, -0.2) is 0 Å². The van der Waals surface area contributed by atoms with Crippen LogP contribution in [0.25, 0.3) is 0 Å². The number of ether oxygens (including phenoxy) is 1. The van der Waals surface area contributed by atoms with Gasteiger partial charge in [-0.2, -0.15) is 0 Å². The molecule has 0 spiro atoms. The van der Waals surface area contributed by atoms with Crippen LogP contribution in [-0.2, 0) is 4.79 Å². The predicted octanol–water partition coefficient (Wildman–Crippen LogP) is 4.07. The average Bonchev–Trinajstić information content (AvgIpc) is 2.58. The maximum Gasteiger partial charge on any atom is 0.276 e. The van der Waals surface area contributed by atoms with Crippen molar-refractivity contribution in [3.05, 3.63) is 63.1 Å². The molecule has 0 aliphatic rings. The lowest BCUT2D eigenvalue weighted by Crippen LogP contribution is -2.43. The van der Waals surface area contributed by atoms with Gasteiger partial charge in [0.2, 0.25) is 0 Å². The minimum Gasteiger partial charge on any atom is -0.483 e. The minimum absolute atomic E-state index is 0.218. The molecule has 0 atom stereocenters. The number of carbonyl (C=O) groups excluding carboxylic acids is 2. The summed E-state index contributed by atoms with van der Waals surface area (Å²) in [6, 6.07) is 12.2. The molecule has 0 heterocycles. The smallest absolute Gasteiger partial charge is 0.276 e. The van der Waals surface area contributed by atoms with E-state index in [1.165, 1.54) is 0 Å². The van der Waals surface area contributed by atoms with Crippen molar-refractivity contribution in [2.24, 2.45) is 0 Å². The van der Waals surface area contributed by atoms with E-state index < -0.39 is 11.8 Å². The van der Waals surface area contributed by atoms with Crippen molar-refractivity contribution >= 4 is 39.3 Å². The summed E-state index contributed by atoms with van der Waals surface area (Å²) in [6.45, 7) is 3.86. The maximum atomic E-state index is 12.0. The Labute approximate surface area is 159 Å². The number of carbonyl (C=O) groups is 2. The Balaban J connectivity index is 1.89. The van der Waals surface area contributed by atoms with Crippen molar-refractivity contribution in [3.8, 4) is 5.75 Å². The highest BCUT2D eigenvalue weighted by Crippen LogP contribution is 2.29. The van der Waals surface area contributed by atoms with E-state index in [0.29, 0.717) is 10.8 Å². The third-order valence-corrected chi connectivity index (χ3v) is 4.21. The standard InChI is InChI=1S/C18H18BrClN2O3/c1-11(2)14-9-12(19)7-8-16(14)25-10-17(23)21-22-18(24)13-5-3-4-6-15(13)20/h3-9,11H,10H2,1-2H3,(H,21,23)(H,22,24). The Kier molecular flexibility index (Phi) is 6.84. The third kappa shape index (κ3) is 5.47. The first-order valence-electron chi connectivity index (χ1n) is 7.64. The van der Waals surface area contributed by atoms with Crippen molar-refractivity contribution in [1.82, 2.24) is 10.9 Å². The van der Waals surface area contributed by atoms with Gasteiger partial charge >= 0.3 is 0 Å². The van der Waals surface area contributed by atoms with Gasteiger partial charge in [-0.1, -0.05) is 53.5 Å². The number of amides is 2. The lowest BCUT2D eigenvalue weighted by molar-refractivity contribution is -0.123. The molecule has 0 bridgehead atoms. The van der Waals surface area contributed by atoms with Gasteiger partial charge in [-0.3, -0.25) is 20.4 Å². The molecule has 0 aliphatic carbocycles. The van der Waals surface area contributed by atoms with Crippen molar-refractivity contribution in [2.75, 3.05) is 6.61 Å². The van der Waals surface area contributed by atoms with Crippen LogP contribution in [0.5, 0.6) is 5.75 Å². The second-order valence-corrected chi connectivity index (χ2v) is 6.93. The van der Waals surface area contributed by atoms with Crippen LogP contribution in [-0.4, -0.2) is 18.4 Å². The fraction of sp³-hybridized carbons (Fsp3) is 0.222. The molecule has 25 heavy (non-hydrogen) atoms. The van der Waals surface area contributed by atoms with Gasteiger partial charge in [0.15, 0.2) is 6.61 Å². The van der Waals surface area contributed by atoms with Crippen LogP contribution in [0.2, 0.25) is 5.02 Å². The first-order valence-corrected chi connectivity index (χ1v) is 8.81. The van der Waals surface area contributed by atoms with Crippen LogP contribution in [0, 0.1) is 0 Å². The largest absolute Gasteiger partial charge is 0.483 e. The van der Waals surface area contributed by atoms with Gasteiger partial charge in [0.1, 0.15) is 5.75 Å². The lowest BCUT2D eigenvalue weighted by Gasteiger charge is -2.14. The van der Waals surface area contributed by atoms with E-state index in [0.717, 1.165) is 10.0 Å². The second kappa shape index (κ2) is 8.87. The number of hydrogen-bond acceptors (Lipinski definition) is 3. The van der Waals surface area contributed by atoms with E-state index in [9.17, 15) is 9.59 Å². The number of benzene rings is 2. The highest BCUT2D eigenvalue weighted by atomic mass is 79.9. The van der Waals surface area contributed by atoms with Gasteiger partial charge in [0, 0.05) is 4.47 Å². The molecule has 5 nitrogen and oxygen atoms in total. The first-order chi connectivity index (χ1) is 11.9. The molecule has 2 aromatic rings. The van der Waals surface area contributed by atoms with Gasteiger partial charge in [-0.05, 0) is 41.8 Å². The molecular formula is C18H18BrClN2O3. The highest BCUT2D eigenvalue weighted by Gasteiger charge is 2.13. The summed E-state index contributed by atoms with van der Waals surface area (Å²) in [4.78, 5) is 23.9. The van der Waals surface area contributed by atoms with Gasteiger partial charge in [0.05, 0.1) is 10.6 Å². The number of hydrogen-bond donors (Lipinski definition) is 2. The zero-order valence-electron chi connectivity index (χ0n) is 13.8. The van der Waals surface area contributed by atoms with Crippen LogP contribution >= 0.6 is 27.5 Å². The van der Waals surface area contributed by atoms with Gasteiger partial charge in [0.25, 0.3) is 11.8 Å². The Morgan fingerprint density at radius 2 is 1.88 bits per heavy atom. The molecule has 0 aliphatic heterocycles. The highest BCUT2D eigenvalue weighted by molar-refractivity contribution is 9.10.